The van der Waals surface area contributed by atoms with Gasteiger partial charge in [-0.05, 0) is 12.5 Å². The molecule has 62 valence electrons. The van der Waals surface area contributed by atoms with E-state index in [1.54, 1.807) is 6.26 Å². The first-order chi connectivity index (χ1) is 5.34. The van der Waals surface area contributed by atoms with Gasteiger partial charge >= 0.3 is 0 Å². The summed E-state index contributed by atoms with van der Waals surface area (Å²) >= 11 is 0. The zero-order chi connectivity index (χ0) is 8.10. The number of carbonyl (C=O) groups is 1. The molecule has 0 aliphatic carbocycles. The Balaban J connectivity index is 2.23. The third-order valence-electron chi connectivity index (χ3n) is 1.87. The first-order valence-electron chi connectivity index (χ1n) is 4.15. The molecule has 0 N–H and O–H groups in total. The van der Waals surface area contributed by atoms with Gasteiger partial charge in [-0.1, -0.05) is 13.3 Å². The Morgan fingerprint density at radius 2 is 2.55 bits per heavy atom. The average Bonchev–Trinajstić information content (AvgIpc) is 2.52. The number of ketones is 1. The van der Waals surface area contributed by atoms with Gasteiger partial charge in [-0.25, -0.2) is 0 Å². The molecule has 2 heteroatoms. The van der Waals surface area contributed by atoms with Gasteiger partial charge in [0.15, 0.2) is 0 Å². The zero-order valence-electron chi connectivity index (χ0n) is 6.88. The van der Waals surface area contributed by atoms with Gasteiger partial charge in [0.25, 0.3) is 0 Å². The maximum atomic E-state index is 11.3. The summed E-state index contributed by atoms with van der Waals surface area (Å²) in [5, 5.41) is 0. The Labute approximate surface area is 67.2 Å². The minimum atomic E-state index is 0.0431. The molecule has 1 rings (SSSR count). The van der Waals surface area contributed by atoms with Crippen molar-refractivity contribution >= 4 is 5.78 Å². The van der Waals surface area contributed by atoms with Crippen molar-refractivity contribution in [3.05, 3.63) is 12.3 Å². The van der Waals surface area contributed by atoms with Crippen LogP contribution in [-0.4, -0.2) is 12.4 Å². The summed E-state index contributed by atoms with van der Waals surface area (Å²) in [7, 11) is 0. The van der Waals surface area contributed by atoms with Crippen LogP contribution in [0.4, 0.5) is 0 Å². The molecule has 0 amide bonds. The van der Waals surface area contributed by atoms with Crippen molar-refractivity contribution in [3.8, 4) is 0 Å². The Hall–Kier alpha value is -0.790. The van der Waals surface area contributed by atoms with Crippen molar-refractivity contribution < 1.29 is 9.53 Å². The number of carbonyl (C=O) groups excluding carboxylic acids is 1. The molecular formula is C9H14O2. The Morgan fingerprint density at radius 1 is 1.73 bits per heavy atom. The molecule has 2 nitrogen and oxygen atoms in total. The Kier molecular flexibility index (Phi) is 3.14. The summed E-state index contributed by atoms with van der Waals surface area (Å²) in [6.45, 7) is 2.65. The van der Waals surface area contributed by atoms with Crippen molar-refractivity contribution in [1.29, 1.82) is 0 Å². The van der Waals surface area contributed by atoms with Gasteiger partial charge in [0.05, 0.1) is 12.2 Å². The molecule has 0 saturated carbocycles. The first kappa shape index (κ1) is 8.31. The van der Waals surface area contributed by atoms with Gasteiger partial charge in [0, 0.05) is 6.42 Å². The normalized spacial score (nSPS) is 21.7. The van der Waals surface area contributed by atoms with Crippen molar-refractivity contribution in [2.24, 2.45) is 5.92 Å². The zero-order valence-corrected chi connectivity index (χ0v) is 6.88. The van der Waals surface area contributed by atoms with Gasteiger partial charge in [0.1, 0.15) is 12.4 Å². The molecule has 0 radical (unpaired) electrons. The topological polar surface area (TPSA) is 26.3 Å². The molecular weight excluding hydrogens is 140 g/mol. The van der Waals surface area contributed by atoms with Crippen molar-refractivity contribution in [2.75, 3.05) is 6.61 Å². The highest BCUT2D eigenvalue weighted by Gasteiger charge is 2.18. The molecule has 11 heavy (non-hydrogen) atoms. The molecule has 0 aromatic rings. The van der Waals surface area contributed by atoms with Gasteiger partial charge in [-0.2, -0.15) is 0 Å². The number of unbranched alkanes of at least 4 members (excludes halogenated alkanes) is 1. The lowest BCUT2D eigenvalue weighted by Crippen LogP contribution is -2.13. The smallest absolute Gasteiger partial charge is 0.143 e. The van der Waals surface area contributed by atoms with E-state index in [4.69, 9.17) is 4.74 Å². The molecule has 0 spiro atoms. The Morgan fingerprint density at radius 3 is 3.09 bits per heavy atom. The number of Topliss-reactive ketones (excluding diaryl/α,β-unsaturated/α-hetero) is 1. The van der Waals surface area contributed by atoms with E-state index in [0.717, 1.165) is 12.8 Å². The highest BCUT2D eigenvalue weighted by atomic mass is 16.5. The maximum absolute atomic E-state index is 11.3. The lowest BCUT2D eigenvalue weighted by molar-refractivity contribution is -0.122. The fraction of sp³-hybridized carbons (Fsp3) is 0.667. The van der Waals surface area contributed by atoms with Crippen LogP contribution in [-0.2, 0) is 9.53 Å². The number of ether oxygens (including phenoxy) is 1. The second kappa shape index (κ2) is 4.16. The van der Waals surface area contributed by atoms with E-state index in [9.17, 15) is 4.79 Å². The van der Waals surface area contributed by atoms with E-state index in [2.05, 4.69) is 6.92 Å². The minimum absolute atomic E-state index is 0.0431. The van der Waals surface area contributed by atoms with Crippen molar-refractivity contribution in [2.45, 2.75) is 26.2 Å². The second-order valence-corrected chi connectivity index (χ2v) is 2.84. The van der Waals surface area contributed by atoms with Gasteiger partial charge in [-0.15, -0.1) is 0 Å². The van der Waals surface area contributed by atoms with E-state index < -0.39 is 0 Å². The first-order valence-corrected chi connectivity index (χ1v) is 4.15. The summed E-state index contributed by atoms with van der Waals surface area (Å²) in [6, 6.07) is 0. The van der Waals surface area contributed by atoms with Crippen LogP contribution in [0.3, 0.4) is 0 Å². The van der Waals surface area contributed by atoms with Crippen LogP contribution in [0.2, 0.25) is 0 Å². The van der Waals surface area contributed by atoms with E-state index in [0.29, 0.717) is 18.8 Å². The predicted octanol–water partition coefficient (Wildman–Crippen LogP) is 1.91. The highest BCUT2D eigenvalue weighted by molar-refractivity contribution is 5.83. The summed E-state index contributed by atoms with van der Waals surface area (Å²) in [6.07, 6.45) is 6.26. The molecule has 1 aliphatic rings. The summed E-state index contributed by atoms with van der Waals surface area (Å²) in [5.41, 5.74) is 0. The van der Waals surface area contributed by atoms with Gasteiger partial charge in [-0.3, -0.25) is 4.79 Å². The van der Waals surface area contributed by atoms with Crippen LogP contribution in [0.1, 0.15) is 26.2 Å². The molecule has 1 aliphatic heterocycles. The summed E-state index contributed by atoms with van der Waals surface area (Å²) in [4.78, 5) is 11.3. The Bertz CT molecular complexity index is 161. The van der Waals surface area contributed by atoms with Crippen LogP contribution >= 0.6 is 0 Å². The molecule has 0 bridgehead atoms. The molecule has 0 saturated heterocycles. The third-order valence-corrected chi connectivity index (χ3v) is 1.87. The van der Waals surface area contributed by atoms with Gasteiger partial charge < -0.3 is 4.74 Å². The lowest BCUT2D eigenvalue weighted by atomic mass is 10.0. The van der Waals surface area contributed by atoms with Crippen molar-refractivity contribution in [1.82, 2.24) is 0 Å². The minimum Gasteiger partial charge on any atom is -0.500 e. The molecule has 0 fully saturated rings. The lowest BCUT2D eigenvalue weighted by Gasteiger charge is -2.03. The van der Waals surface area contributed by atoms with E-state index >= 15 is 0 Å². The predicted molar refractivity (Wildman–Crippen MR) is 43.1 cm³/mol. The molecule has 1 unspecified atom stereocenters. The molecule has 1 atom stereocenters. The third kappa shape index (κ3) is 2.37. The molecule has 1 heterocycles. The van der Waals surface area contributed by atoms with Crippen LogP contribution in [0, 0.1) is 5.92 Å². The van der Waals surface area contributed by atoms with E-state index in [-0.39, 0.29) is 5.92 Å². The summed E-state index contributed by atoms with van der Waals surface area (Å²) < 4.78 is 4.96. The van der Waals surface area contributed by atoms with Crippen LogP contribution in [0.15, 0.2) is 12.3 Å². The molecule has 0 aromatic carbocycles. The number of hydrogen-bond donors (Lipinski definition) is 0. The highest BCUT2D eigenvalue weighted by Crippen LogP contribution is 2.12. The molecule has 0 aromatic heterocycles. The monoisotopic (exact) mass is 154 g/mol. The van der Waals surface area contributed by atoms with E-state index in [1.165, 1.54) is 0 Å². The van der Waals surface area contributed by atoms with Crippen LogP contribution in [0.25, 0.3) is 0 Å². The fourth-order valence-electron chi connectivity index (χ4n) is 1.10. The van der Waals surface area contributed by atoms with Gasteiger partial charge in [0.2, 0.25) is 0 Å². The number of hydrogen-bond acceptors (Lipinski definition) is 2. The van der Waals surface area contributed by atoms with Crippen molar-refractivity contribution in [3.63, 3.8) is 0 Å². The average molecular weight is 154 g/mol. The second-order valence-electron chi connectivity index (χ2n) is 2.84. The standard InChI is InChI=1S/C9H14O2/c1-2-3-4-9(10)8-5-6-11-7-8/h5-6,8H,2-4,7H2,1H3. The van der Waals surface area contributed by atoms with Crippen LogP contribution < -0.4 is 0 Å². The summed E-state index contributed by atoms with van der Waals surface area (Å²) in [5.74, 6) is 0.363. The number of rotatable bonds is 4. The maximum Gasteiger partial charge on any atom is 0.143 e. The fourth-order valence-corrected chi connectivity index (χ4v) is 1.10. The SMILES string of the molecule is CCCCC(=O)C1C=COC1. The quantitative estimate of drug-likeness (QED) is 0.618. The van der Waals surface area contributed by atoms with Crippen LogP contribution in [0.5, 0.6) is 0 Å². The van der Waals surface area contributed by atoms with E-state index in [1.807, 2.05) is 6.08 Å². The largest absolute Gasteiger partial charge is 0.500 e.